The Balaban J connectivity index is 0.000000204. The minimum atomic E-state index is -1.16. The molecule has 0 saturated heterocycles. The Morgan fingerprint density at radius 2 is 0.679 bits per heavy atom. The second-order valence-electron chi connectivity index (χ2n) is 28.2. The number of carbonyl (C=O) groups is 9. The van der Waals surface area contributed by atoms with E-state index in [0.717, 1.165) is 97.0 Å². The maximum atomic E-state index is 13.5. The number of thiophene rings is 2. The number of fused-ring (bicyclic) bond motifs is 6. The van der Waals surface area contributed by atoms with Crippen LogP contribution in [0.2, 0.25) is 0 Å². The molecule has 26 heteroatoms. The van der Waals surface area contributed by atoms with Crippen LogP contribution in [0, 0.1) is 0 Å². The van der Waals surface area contributed by atoms with Crippen LogP contribution >= 0.6 is 22.7 Å². The first-order chi connectivity index (χ1) is 51.1. The van der Waals surface area contributed by atoms with Gasteiger partial charge in [0.2, 0.25) is 54.2 Å². The number of carbonyl (C=O) groups excluding carboxylic acids is 9. The van der Waals surface area contributed by atoms with Crippen LogP contribution in [0.4, 0.5) is 0 Å². The number of aromatic amines is 3. The quantitative estimate of drug-likeness (QED) is 0.0154. The molecule has 0 radical (unpaired) electrons. The maximum absolute atomic E-state index is 13.5. The molecule has 18 N–H and O–H groups in total. The molecule has 12 aromatic rings. The van der Waals surface area contributed by atoms with Crippen LogP contribution < -0.4 is 65.1 Å². The van der Waals surface area contributed by atoms with E-state index in [1.165, 1.54) is 6.92 Å². The van der Waals surface area contributed by atoms with Crippen molar-refractivity contribution in [2.24, 2.45) is 17.2 Å². The zero-order valence-corrected chi connectivity index (χ0v) is 62.2. The Kier molecular flexibility index (Phi) is 28.4. The van der Waals surface area contributed by atoms with Crippen LogP contribution in [0.15, 0.2) is 193 Å². The van der Waals surface area contributed by atoms with E-state index in [1.54, 1.807) is 64.2 Å². The lowest BCUT2D eigenvalue weighted by molar-refractivity contribution is -0.132. The maximum Gasteiger partial charge on any atom is 0.244 e. The summed E-state index contributed by atoms with van der Waals surface area (Å²) in [4.78, 5) is 123. The summed E-state index contributed by atoms with van der Waals surface area (Å²) < 4.78 is 2.21. The number of hydrogen-bond acceptors (Lipinski definition) is 14. The Morgan fingerprint density at radius 3 is 1.05 bits per heavy atom. The van der Waals surface area contributed by atoms with Gasteiger partial charge < -0.3 is 80.0 Å². The fourth-order valence-electron chi connectivity index (χ4n) is 12.4. The summed E-state index contributed by atoms with van der Waals surface area (Å²) in [5.74, 6) is -2.81. The van der Waals surface area contributed by atoms with Gasteiger partial charge >= 0.3 is 0 Å². The molecule has 0 bridgehead atoms. The van der Waals surface area contributed by atoms with Crippen molar-refractivity contribution in [3.63, 3.8) is 0 Å². The number of aromatic nitrogens is 3. The van der Waals surface area contributed by atoms with Crippen LogP contribution in [-0.4, -0.2) is 122 Å². The molecule has 109 heavy (non-hydrogen) atoms. The Morgan fingerprint density at radius 1 is 0.367 bits per heavy atom. The molecule has 572 valence electrons. The van der Waals surface area contributed by atoms with Gasteiger partial charge in [-0.2, -0.15) is 0 Å². The number of H-pyrrole nitrogens is 3. The number of hydrogen-bond donors (Lipinski definition) is 15. The summed E-state index contributed by atoms with van der Waals surface area (Å²) >= 11 is 3.18. The van der Waals surface area contributed by atoms with Crippen molar-refractivity contribution in [3.8, 4) is 0 Å². The standard InChI is InChI=1S/C28H31N5O3.C27H31N5O3S.C26H29N5O3S.2CH4/c1-28(2,29)27(36)32-24(14-19-10-7-9-18-8-3-4-11-21(18)19)26(35)33-25(31-17-34)15-20-16-30-23-13-6-5-12-22(20)23;1-16(33)30-24(13-17-14-29-21-10-6-4-8-19(17)21)32-25(34)22(31-26(35)27(2,3)28)12-18-15-36-23-11-7-5-9-20(18)23;1-26(2,27)25(34)30-21(11-17-14-35-22-10-6-4-8-19(17)22)24(33)31-23(29-15-32)12-16-13-28-20-9-5-3-7-18(16)20;;/h3-13,16-17,24-25,30H,14-15,29H2,1-2H3,(H,31,34)(H,32,36)(H,33,35);4-11,14-15,22,24,29H,12-13,28H2,1-3H3,(H,30,33)(H,31,35)(H,32,34);3-10,13-15,21,23,28H,11-12,27H2,1-2H3,(H,29,32)(H,30,34)(H,31,33);2*1H4/t24-,25-;22-,24+;21-,23-;;/m111../s1. The topological polar surface area (TPSA) is 387 Å². The SMILES string of the molecule is C.C.CC(=O)N[C@H](Cc1c[nH]c2ccccc12)NC(=O)[C@@H](Cc1csc2ccccc12)NC(=O)C(C)(C)N.CC(C)(N)C(=O)N[C@H](Cc1cccc2ccccc12)C(=O)N[C@H](Cc1c[nH]c2ccccc12)NC=O.CC(C)(N)C(=O)N[C@H](Cc1csc2ccccc12)C(=O)N[C@H](Cc1c[nH]c2ccccc12)NC=O. The highest BCUT2D eigenvalue weighted by atomic mass is 32.1. The first-order valence-corrected chi connectivity index (χ1v) is 36.8. The van der Waals surface area contributed by atoms with Gasteiger partial charge in [0.1, 0.15) is 36.6 Å². The molecule has 0 saturated carbocycles. The van der Waals surface area contributed by atoms with Crippen LogP contribution in [0.1, 0.15) is 96.7 Å². The van der Waals surface area contributed by atoms with Crippen LogP contribution in [0.25, 0.3) is 63.7 Å². The first-order valence-electron chi connectivity index (χ1n) is 35.0. The molecule has 0 fully saturated rings. The van der Waals surface area contributed by atoms with E-state index < -0.39 is 88.7 Å². The van der Waals surface area contributed by atoms with Crippen molar-refractivity contribution < 1.29 is 43.2 Å². The van der Waals surface area contributed by atoms with E-state index in [0.29, 0.717) is 38.5 Å². The van der Waals surface area contributed by atoms with Gasteiger partial charge in [-0.05, 0) is 138 Å². The van der Waals surface area contributed by atoms with Crippen LogP contribution in [-0.2, 0) is 81.7 Å². The second kappa shape index (κ2) is 37.3. The van der Waals surface area contributed by atoms with E-state index in [1.807, 2.05) is 193 Å². The highest BCUT2D eigenvalue weighted by molar-refractivity contribution is 7.17. The monoisotopic (exact) mass is 1510 g/mol. The number of nitrogens with two attached hydrogens (primary N) is 3. The lowest BCUT2D eigenvalue weighted by atomic mass is 9.97. The van der Waals surface area contributed by atoms with E-state index in [-0.39, 0.29) is 33.6 Å². The number of benzene rings is 7. The Hall–Kier alpha value is -11.6. The van der Waals surface area contributed by atoms with Gasteiger partial charge in [0, 0.05) is 106 Å². The average molecular weight is 1510 g/mol. The summed E-state index contributed by atoms with van der Waals surface area (Å²) in [5, 5.41) is 36.5. The summed E-state index contributed by atoms with van der Waals surface area (Å²) in [6, 6.07) is 50.4. The predicted molar refractivity (Wildman–Crippen MR) is 437 cm³/mol. The summed E-state index contributed by atoms with van der Waals surface area (Å²) in [6.07, 6.45) is 6.67. The van der Waals surface area contributed by atoms with Gasteiger partial charge in [-0.15, -0.1) is 22.7 Å². The zero-order chi connectivity index (χ0) is 76.6. The molecular weight excluding hydrogens is 1420 g/mol. The molecule has 5 heterocycles. The highest BCUT2D eigenvalue weighted by Gasteiger charge is 2.34. The van der Waals surface area contributed by atoms with E-state index in [2.05, 4.69) is 62.8 Å². The molecule has 0 spiro atoms. The summed E-state index contributed by atoms with van der Waals surface area (Å²) in [6.45, 7) is 10.9. The van der Waals surface area contributed by atoms with E-state index in [4.69, 9.17) is 17.2 Å². The van der Waals surface area contributed by atoms with Gasteiger partial charge in [0.05, 0.1) is 16.6 Å². The number of amides is 9. The molecule has 12 rings (SSSR count). The lowest BCUT2D eigenvalue weighted by Gasteiger charge is -2.26. The first kappa shape index (κ1) is 83.1. The van der Waals surface area contributed by atoms with Gasteiger partial charge in [-0.25, -0.2) is 0 Å². The van der Waals surface area contributed by atoms with Crippen molar-refractivity contribution in [1.29, 1.82) is 0 Å². The molecule has 0 aliphatic heterocycles. The summed E-state index contributed by atoms with van der Waals surface area (Å²) in [5.41, 5.74) is 23.1. The molecule has 24 nitrogen and oxygen atoms in total. The van der Waals surface area contributed by atoms with E-state index in [9.17, 15) is 43.2 Å². The largest absolute Gasteiger partial charge is 0.361 e. The van der Waals surface area contributed by atoms with Crippen molar-refractivity contribution in [3.05, 3.63) is 227 Å². The number of rotatable bonds is 29. The predicted octanol–water partition coefficient (Wildman–Crippen LogP) is 9.34. The molecule has 6 atom stereocenters. The molecule has 9 amide bonds. The minimum absolute atomic E-state index is 0. The number of nitrogens with one attached hydrogen (secondary N) is 12. The third-order valence-corrected chi connectivity index (χ3v) is 20.1. The minimum Gasteiger partial charge on any atom is -0.361 e. The Bertz CT molecular complexity index is 5150. The Labute approximate surface area is 641 Å². The highest BCUT2D eigenvalue weighted by Crippen LogP contribution is 2.30. The third kappa shape index (κ3) is 22.1. The molecule has 0 aliphatic rings. The van der Waals surface area contributed by atoms with Gasteiger partial charge in [0.15, 0.2) is 0 Å². The smallest absolute Gasteiger partial charge is 0.244 e. The van der Waals surface area contributed by atoms with E-state index >= 15 is 0 Å². The van der Waals surface area contributed by atoms with Crippen LogP contribution in [0.5, 0.6) is 0 Å². The fraction of sp³-hybridized carbons (Fsp3) is 0.289. The molecule has 0 unspecified atom stereocenters. The van der Waals surface area contributed by atoms with Crippen molar-refractivity contribution in [2.45, 2.75) is 155 Å². The molecule has 5 aromatic heterocycles. The molecule has 7 aromatic carbocycles. The van der Waals surface area contributed by atoms with Gasteiger partial charge in [0.25, 0.3) is 0 Å². The van der Waals surface area contributed by atoms with Gasteiger partial charge in [-0.3, -0.25) is 43.2 Å². The van der Waals surface area contributed by atoms with Crippen LogP contribution in [0.3, 0.4) is 0 Å². The zero-order valence-electron chi connectivity index (χ0n) is 60.6. The summed E-state index contributed by atoms with van der Waals surface area (Å²) in [7, 11) is 0. The van der Waals surface area contributed by atoms with Crippen molar-refractivity contribution in [2.75, 3.05) is 0 Å². The van der Waals surface area contributed by atoms with Crippen molar-refractivity contribution in [1.82, 2.24) is 62.8 Å². The molecule has 0 aliphatic carbocycles. The second-order valence-corrected chi connectivity index (χ2v) is 30.0. The lowest BCUT2D eigenvalue weighted by Crippen LogP contribution is -2.59. The normalized spacial score (nSPS) is 13.0. The average Bonchev–Trinajstić information content (AvgIpc) is 1.82. The third-order valence-electron chi connectivity index (χ3n) is 18.1. The number of para-hydroxylation sites is 3. The molecular formula is C83H99N15O9S2. The van der Waals surface area contributed by atoms with Crippen molar-refractivity contribution >= 4 is 140 Å². The van der Waals surface area contributed by atoms with Gasteiger partial charge in [-0.1, -0.05) is 148 Å². The fourth-order valence-corrected chi connectivity index (χ4v) is 14.4.